The fraction of sp³-hybridized carbons (Fsp3) is 0.238. The summed E-state index contributed by atoms with van der Waals surface area (Å²) in [4.78, 5) is 19.3. The average molecular weight is 347 g/mol. The molecule has 1 amide bonds. The van der Waals surface area contributed by atoms with Crippen LogP contribution in [0.2, 0.25) is 0 Å². The summed E-state index contributed by atoms with van der Waals surface area (Å²) >= 11 is 0. The molecule has 0 saturated carbocycles. The zero-order chi connectivity index (χ0) is 18.1. The molecule has 26 heavy (non-hydrogen) atoms. The van der Waals surface area contributed by atoms with E-state index in [1.165, 1.54) is 0 Å². The number of hydrogen-bond acceptors (Lipinski definition) is 3. The summed E-state index contributed by atoms with van der Waals surface area (Å²) in [6.07, 6.45) is 1.89. The Labute approximate surface area is 152 Å². The highest BCUT2D eigenvalue weighted by atomic mass is 16.5. The van der Waals surface area contributed by atoms with E-state index in [9.17, 15) is 4.79 Å². The van der Waals surface area contributed by atoms with Gasteiger partial charge in [0.1, 0.15) is 11.6 Å². The number of nitrogens with zero attached hydrogens (tertiary/aromatic N) is 3. The summed E-state index contributed by atoms with van der Waals surface area (Å²) < 4.78 is 7.42. The Balaban J connectivity index is 1.58. The first-order valence-electron chi connectivity index (χ1n) is 8.71. The number of amides is 1. The number of aromatic nitrogens is 2. The first kappa shape index (κ1) is 16.4. The highest BCUT2D eigenvalue weighted by Gasteiger charge is 2.25. The summed E-state index contributed by atoms with van der Waals surface area (Å²) in [7, 11) is 1.66. The van der Waals surface area contributed by atoms with E-state index in [-0.39, 0.29) is 5.91 Å². The number of fused-ring (bicyclic) bond motifs is 1. The molecular formula is C21H21N3O2. The summed E-state index contributed by atoms with van der Waals surface area (Å²) in [5.74, 6) is 1.83. The third kappa shape index (κ3) is 2.86. The van der Waals surface area contributed by atoms with Crippen LogP contribution < -0.4 is 4.74 Å². The quantitative estimate of drug-likeness (QED) is 0.728. The molecule has 2 heterocycles. The summed E-state index contributed by atoms with van der Waals surface area (Å²) in [6.45, 7) is 3.93. The van der Waals surface area contributed by atoms with Crippen LogP contribution >= 0.6 is 0 Å². The predicted octanol–water partition coefficient (Wildman–Crippen LogP) is 3.52. The molecule has 4 rings (SSSR count). The topological polar surface area (TPSA) is 47.4 Å². The zero-order valence-electron chi connectivity index (χ0n) is 15.0. The Morgan fingerprint density at radius 3 is 2.58 bits per heavy atom. The van der Waals surface area contributed by atoms with E-state index >= 15 is 0 Å². The van der Waals surface area contributed by atoms with Crippen molar-refractivity contribution >= 4 is 5.91 Å². The van der Waals surface area contributed by atoms with Gasteiger partial charge in [0.2, 0.25) is 0 Å². The van der Waals surface area contributed by atoms with Gasteiger partial charge < -0.3 is 14.2 Å². The molecule has 0 spiro atoms. The van der Waals surface area contributed by atoms with Crippen molar-refractivity contribution < 1.29 is 9.53 Å². The van der Waals surface area contributed by atoms with E-state index in [0.29, 0.717) is 13.1 Å². The van der Waals surface area contributed by atoms with Crippen LogP contribution in [-0.2, 0) is 13.1 Å². The van der Waals surface area contributed by atoms with Crippen LogP contribution in [0.3, 0.4) is 0 Å². The van der Waals surface area contributed by atoms with Crippen molar-refractivity contribution in [3.63, 3.8) is 0 Å². The maximum atomic E-state index is 12.9. The molecule has 0 fully saturated rings. The van der Waals surface area contributed by atoms with Gasteiger partial charge in [0.25, 0.3) is 5.91 Å². The molecule has 0 aliphatic carbocycles. The van der Waals surface area contributed by atoms with Crippen LogP contribution in [0, 0.1) is 6.92 Å². The van der Waals surface area contributed by atoms with Gasteiger partial charge in [0, 0.05) is 24.2 Å². The van der Waals surface area contributed by atoms with Crippen molar-refractivity contribution in [3.8, 4) is 17.0 Å². The third-order valence-corrected chi connectivity index (χ3v) is 4.91. The van der Waals surface area contributed by atoms with Gasteiger partial charge in [-0.25, -0.2) is 4.98 Å². The van der Waals surface area contributed by atoms with Crippen LogP contribution in [0.25, 0.3) is 11.3 Å². The number of rotatable bonds is 3. The number of methoxy groups -OCH3 is 1. The van der Waals surface area contributed by atoms with Crippen molar-refractivity contribution in [3.05, 3.63) is 71.7 Å². The molecule has 1 aliphatic rings. The number of carbonyl (C=O) groups excluding carboxylic acids is 1. The van der Waals surface area contributed by atoms with E-state index < -0.39 is 0 Å². The zero-order valence-corrected chi connectivity index (χ0v) is 15.0. The van der Waals surface area contributed by atoms with Crippen molar-refractivity contribution in [2.24, 2.45) is 0 Å². The Morgan fingerprint density at radius 1 is 1.08 bits per heavy atom. The number of aryl methyl sites for hydroxylation is 1. The van der Waals surface area contributed by atoms with Gasteiger partial charge in [0.15, 0.2) is 0 Å². The smallest absolute Gasteiger partial charge is 0.254 e. The molecular weight excluding hydrogens is 326 g/mol. The second-order valence-corrected chi connectivity index (χ2v) is 6.48. The van der Waals surface area contributed by atoms with Gasteiger partial charge in [-0.2, -0.15) is 0 Å². The van der Waals surface area contributed by atoms with Crippen molar-refractivity contribution in [1.82, 2.24) is 14.5 Å². The molecule has 5 nitrogen and oxygen atoms in total. The number of imidazole rings is 1. The fourth-order valence-corrected chi connectivity index (χ4v) is 3.41. The van der Waals surface area contributed by atoms with Gasteiger partial charge in [-0.3, -0.25) is 4.79 Å². The second kappa shape index (κ2) is 6.67. The highest BCUT2D eigenvalue weighted by molar-refractivity contribution is 5.95. The van der Waals surface area contributed by atoms with E-state index in [1.54, 1.807) is 7.11 Å². The third-order valence-electron chi connectivity index (χ3n) is 4.91. The maximum absolute atomic E-state index is 12.9. The summed E-state index contributed by atoms with van der Waals surface area (Å²) in [5, 5.41) is 0. The lowest BCUT2D eigenvalue weighted by molar-refractivity contribution is 0.0707. The Hall–Kier alpha value is -3.08. The number of benzene rings is 2. The average Bonchev–Trinajstić information content (AvgIpc) is 3.11. The lowest BCUT2D eigenvalue weighted by Crippen LogP contribution is -2.38. The predicted molar refractivity (Wildman–Crippen MR) is 100 cm³/mol. The van der Waals surface area contributed by atoms with Crippen molar-refractivity contribution in [1.29, 1.82) is 0 Å². The van der Waals surface area contributed by atoms with Gasteiger partial charge in [-0.15, -0.1) is 0 Å². The van der Waals surface area contributed by atoms with Crippen LogP contribution in [0.4, 0.5) is 0 Å². The molecule has 2 aromatic carbocycles. The normalized spacial score (nSPS) is 13.4. The van der Waals surface area contributed by atoms with E-state index in [4.69, 9.17) is 4.74 Å². The minimum atomic E-state index is 0.0725. The second-order valence-electron chi connectivity index (χ2n) is 6.48. The molecule has 1 aliphatic heterocycles. The fourth-order valence-electron chi connectivity index (χ4n) is 3.41. The molecule has 0 unspecified atom stereocenters. The lowest BCUT2D eigenvalue weighted by atomic mass is 10.1. The largest absolute Gasteiger partial charge is 0.497 e. The maximum Gasteiger partial charge on any atom is 0.254 e. The molecule has 3 aromatic rings. The molecule has 132 valence electrons. The molecule has 0 saturated heterocycles. The van der Waals surface area contributed by atoms with Crippen LogP contribution in [0.1, 0.15) is 21.7 Å². The van der Waals surface area contributed by atoms with Crippen LogP contribution in [0.5, 0.6) is 5.75 Å². The number of carbonyl (C=O) groups is 1. The van der Waals surface area contributed by atoms with Crippen LogP contribution in [-0.4, -0.2) is 34.0 Å². The Kier molecular flexibility index (Phi) is 4.21. The monoisotopic (exact) mass is 347 g/mol. The Morgan fingerprint density at radius 2 is 1.85 bits per heavy atom. The SMILES string of the molecule is COc1ccc(-c2cnc3n2CCN(C(=O)c2ccccc2C)C3)cc1. The molecule has 5 heteroatoms. The number of ether oxygens (including phenoxy) is 1. The van der Waals surface area contributed by atoms with E-state index in [2.05, 4.69) is 9.55 Å². The summed E-state index contributed by atoms with van der Waals surface area (Å²) in [5.41, 5.74) is 3.95. The minimum Gasteiger partial charge on any atom is -0.497 e. The van der Waals surface area contributed by atoms with E-state index in [1.807, 2.05) is 66.6 Å². The molecule has 1 aromatic heterocycles. The molecule has 0 atom stereocenters. The number of hydrogen-bond donors (Lipinski definition) is 0. The van der Waals surface area contributed by atoms with Gasteiger partial charge in [-0.05, 0) is 42.8 Å². The first-order valence-corrected chi connectivity index (χ1v) is 8.71. The standard InChI is InChI=1S/C21H21N3O2/c1-15-5-3-4-6-18(15)21(25)23-11-12-24-19(13-22-20(24)14-23)16-7-9-17(26-2)10-8-16/h3-10,13H,11-12,14H2,1-2H3. The molecule has 0 N–H and O–H groups in total. The van der Waals surface area contributed by atoms with E-state index in [0.717, 1.165) is 40.5 Å². The summed E-state index contributed by atoms with van der Waals surface area (Å²) in [6, 6.07) is 15.7. The Bertz CT molecular complexity index is 944. The lowest BCUT2D eigenvalue weighted by Gasteiger charge is -2.29. The van der Waals surface area contributed by atoms with Crippen molar-refractivity contribution in [2.45, 2.75) is 20.0 Å². The highest BCUT2D eigenvalue weighted by Crippen LogP contribution is 2.26. The van der Waals surface area contributed by atoms with Crippen LogP contribution in [0.15, 0.2) is 54.7 Å². The molecule has 0 radical (unpaired) electrons. The molecule has 0 bridgehead atoms. The first-order chi connectivity index (χ1) is 12.7. The minimum absolute atomic E-state index is 0.0725. The van der Waals surface area contributed by atoms with Gasteiger partial charge >= 0.3 is 0 Å². The van der Waals surface area contributed by atoms with Gasteiger partial charge in [-0.1, -0.05) is 18.2 Å². The van der Waals surface area contributed by atoms with Crippen molar-refractivity contribution in [2.75, 3.05) is 13.7 Å². The van der Waals surface area contributed by atoms with Gasteiger partial charge in [0.05, 0.1) is 25.5 Å².